The zero-order valence-electron chi connectivity index (χ0n) is 11.8. The Kier molecular flexibility index (Phi) is 4.61. The molecule has 1 aromatic carbocycles. The molecule has 1 heterocycles. The van der Waals surface area contributed by atoms with E-state index in [1.807, 2.05) is 0 Å². The SMILES string of the molecule is Cc1ccc(N(C)CCC2CN(C)CCN2)cc1. The molecule has 3 nitrogen and oxygen atoms in total. The molecule has 1 atom stereocenters. The number of hydrogen-bond donors (Lipinski definition) is 1. The molecule has 0 saturated carbocycles. The van der Waals surface area contributed by atoms with Gasteiger partial charge in [-0.2, -0.15) is 0 Å². The van der Waals surface area contributed by atoms with Crippen LogP contribution in [0.25, 0.3) is 0 Å². The highest BCUT2D eigenvalue weighted by Gasteiger charge is 2.16. The second-order valence-corrected chi connectivity index (χ2v) is 5.46. The fraction of sp³-hybridized carbons (Fsp3) is 0.600. The summed E-state index contributed by atoms with van der Waals surface area (Å²) in [4.78, 5) is 4.75. The summed E-state index contributed by atoms with van der Waals surface area (Å²) in [6.07, 6.45) is 1.20. The van der Waals surface area contributed by atoms with E-state index in [1.54, 1.807) is 0 Å². The topological polar surface area (TPSA) is 18.5 Å². The van der Waals surface area contributed by atoms with Crippen molar-refractivity contribution in [3.63, 3.8) is 0 Å². The van der Waals surface area contributed by atoms with Gasteiger partial charge in [0.2, 0.25) is 0 Å². The van der Waals surface area contributed by atoms with Crippen LogP contribution in [0.15, 0.2) is 24.3 Å². The van der Waals surface area contributed by atoms with Crippen LogP contribution in [-0.2, 0) is 0 Å². The zero-order valence-corrected chi connectivity index (χ0v) is 11.8. The molecule has 1 saturated heterocycles. The number of likely N-dealkylation sites (N-methyl/N-ethyl adjacent to an activating group) is 1. The number of nitrogens with one attached hydrogen (secondary N) is 1. The lowest BCUT2D eigenvalue weighted by molar-refractivity contribution is 0.233. The van der Waals surface area contributed by atoms with Gasteiger partial charge in [-0.3, -0.25) is 0 Å². The van der Waals surface area contributed by atoms with E-state index in [2.05, 4.69) is 60.4 Å². The van der Waals surface area contributed by atoms with Crippen molar-refractivity contribution < 1.29 is 0 Å². The normalized spacial score (nSPS) is 20.9. The molecule has 18 heavy (non-hydrogen) atoms. The largest absolute Gasteiger partial charge is 0.375 e. The van der Waals surface area contributed by atoms with E-state index in [4.69, 9.17) is 0 Å². The van der Waals surface area contributed by atoms with Crippen molar-refractivity contribution in [3.05, 3.63) is 29.8 Å². The first kappa shape index (κ1) is 13.4. The first-order valence-electron chi connectivity index (χ1n) is 6.85. The van der Waals surface area contributed by atoms with Gasteiger partial charge in [0.1, 0.15) is 0 Å². The van der Waals surface area contributed by atoms with Crippen LogP contribution >= 0.6 is 0 Å². The van der Waals surface area contributed by atoms with E-state index >= 15 is 0 Å². The Hall–Kier alpha value is -1.06. The molecule has 1 aromatic rings. The van der Waals surface area contributed by atoms with Crippen LogP contribution in [-0.4, -0.2) is 51.2 Å². The number of piperazine rings is 1. The number of nitrogens with zero attached hydrogens (tertiary/aromatic N) is 2. The average molecular weight is 247 g/mol. The Labute approximate surface area is 111 Å². The number of anilines is 1. The van der Waals surface area contributed by atoms with Gasteiger partial charge in [0.05, 0.1) is 0 Å². The lowest BCUT2D eigenvalue weighted by atomic mass is 10.1. The van der Waals surface area contributed by atoms with Gasteiger partial charge in [-0.05, 0) is 32.5 Å². The highest BCUT2D eigenvalue weighted by Crippen LogP contribution is 2.14. The molecular formula is C15H25N3. The molecule has 2 rings (SSSR count). The number of rotatable bonds is 4. The minimum absolute atomic E-state index is 0.636. The number of benzene rings is 1. The predicted octanol–water partition coefficient (Wildman–Crippen LogP) is 1.72. The summed E-state index contributed by atoms with van der Waals surface area (Å²) in [5.41, 5.74) is 2.63. The van der Waals surface area contributed by atoms with Crippen LogP contribution in [0.5, 0.6) is 0 Å². The minimum Gasteiger partial charge on any atom is -0.375 e. The van der Waals surface area contributed by atoms with Crippen molar-refractivity contribution in [2.75, 3.05) is 45.2 Å². The van der Waals surface area contributed by atoms with E-state index in [1.165, 1.54) is 30.8 Å². The summed E-state index contributed by atoms with van der Waals surface area (Å²) < 4.78 is 0. The van der Waals surface area contributed by atoms with Gasteiger partial charge in [0, 0.05) is 45.0 Å². The highest BCUT2D eigenvalue weighted by atomic mass is 15.2. The van der Waals surface area contributed by atoms with Crippen molar-refractivity contribution in [2.24, 2.45) is 0 Å². The quantitative estimate of drug-likeness (QED) is 0.874. The number of hydrogen-bond acceptors (Lipinski definition) is 3. The minimum atomic E-state index is 0.636. The Morgan fingerprint density at radius 1 is 1.33 bits per heavy atom. The Morgan fingerprint density at radius 2 is 2.06 bits per heavy atom. The molecular weight excluding hydrogens is 222 g/mol. The van der Waals surface area contributed by atoms with E-state index in [9.17, 15) is 0 Å². The number of aryl methyl sites for hydroxylation is 1. The maximum Gasteiger partial charge on any atom is 0.0363 e. The molecule has 0 radical (unpaired) electrons. The van der Waals surface area contributed by atoms with Gasteiger partial charge in [0.25, 0.3) is 0 Å². The molecule has 0 spiro atoms. The fourth-order valence-electron chi connectivity index (χ4n) is 2.46. The van der Waals surface area contributed by atoms with Gasteiger partial charge < -0.3 is 15.1 Å². The summed E-state index contributed by atoms with van der Waals surface area (Å²) in [7, 11) is 4.38. The first-order valence-corrected chi connectivity index (χ1v) is 6.85. The summed E-state index contributed by atoms with van der Waals surface area (Å²) in [5.74, 6) is 0. The standard InChI is InChI=1S/C15H25N3/c1-13-4-6-15(7-5-13)18(3)10-8-14-12-17(2)11-9-16-14/h4-7,14,16H,8-12H2,1-3H3. The van der Waals surface area contributed by atoms with Gasteiger partial charge in [-0.15, -0.1) is 0 Å². The van der Waals surface area contributed by atoms with Crippen molar-refractivity contribution in [2.45, 2.75) is 19.4 Å². The third kappa shape index (κ3) is 3.72. The lowest BCUT2D eigenvalue weighted by Crippen LogP contribution is -2.49. The second-order valence-electron chi connectivity index (χ2n) is 5.46. The van der Waals surface area contributed by atoms with Crippen LogP contribution in [0.3, 0.4) is 0 Å². The molecule has 1 unspecified atom stereocenters. The van der Waals surface area contributed by atoms with Crippen molar-refractivity contribution in [1.29, 1.82) is 0 Å². The zero-order chi connectivity index (χ0) is 13.0. The molecule has 0 aromatic heterocycles. The van der Waals surface area contributed by atoms with Gasteiger partial charge >= 0.3 is 0 Å². The summed E-state index contributed by atoms with van der Waals surface area (Å²) >= 11 is 0. The van der Waals surface area contributed by atoms with Crippen molar-refractivity contribution >= 4 is 5.69 Å². The smallest absolute Gasteiger partial charge is 0.0363 e. The van der Waals surface area contributed by atoms with E-state index < -0.39 is 0 Å². The molecule has 0 amide bonds. The van der Waals surface area contributed by atoms with Crippen LogP contribution in [0, 0.1) is 6.92 Å². The third-order valence-electron chi connectivity index (χ3n) is 3.75. The van der Waals surface area contributed by atoms with E-state index in [-0.39, 0.29) is 0 Å². The van der Waals surface area contributed by atoms with Crippen LogP contribution in [0.2, 0.25) is 0 Å². The van der Waals surface area contributed by atoms with Crippen LogP contribution in [0.1, 0.15) is 12.0 Å². The molecule has 1 aliphatic rings. The predicted molar refractivity (Wildman–Crippen MR) is 78.4 cm³/mol. The van der Waals surface area contributed by atoms with Crippen molar-refractivity contribution in [3.8, 4) is 0 Å². The summed E-state index contributed by atoms with van der Waals surface area (Å²) in [5, 5.41) is 3.60. The molecule has 1 N–H and O–H groups in total. The Bertz CT molecular complexity index is 361. The fourth-order valence-corrected chi connectivity index (χ4v) is 2.46. The molecule has 0 bridgehead atoms. The highest BCUT2D eigenvalue weighted by molar-refractivity contribution is 5.46. The Balaban J connectivity index is 1.80. The van der Waals surface area contributed by atoms with Crippen LogP contribution < -0.4 is 10.2 Å². The third-order valence-corrected chi connectivity index (χ3v) is 3.75. The summed E-state index contributed by atoms with van der Waals surface area (Å²) in [6, 6.07) is 9.40. The van der Waals surface area contributed by atoms with E-state index in [0.717, 1.165) is 13.1 Å². The first-order chi connectivity index (χ1) is 8.65. The van der Waals surface area contributed by atoms with Gasteiger partial charge in [-0.25, -0.2) is 0 Å². The van der Waals surface area contributed by atoms with Crippen molar-refractivity contribution in [1.82, 2.24) is 10.2 Å². The monoisotopic (exact) mass is 247 g/mol. The molecule has 1 fully saturated rings. The maximum absolute atomic E-state index is 3.60. The molecule has 0 aliphatic carbocycles. The van der Waals surface area contributed by atoms with Gasteiger partial charge in [0.15, 0.2) is 0 Å². The lowest BCUT2D eigenvalue weighted by Gasteiger charge is -2.32. The second kappa shape index (κ2) is 6.21. The van der Waals surface area contributed by atoms with Gasteiger partial charge in [-0.1, -0.05) is 17.7 Å². The molecule has 1 aliphatic heterocycles. The molecule has 100 valence electrons. The Morgan fingerprint density at radius 3 is 2.72 bits per heavy atom. The summed E-state index contributed by atoms with van der Waals surface area (Å²) in [6.45, 7) is 6.70. The van der Waals surface area contributed by atoms with Crippen LogP contribution in [0.4, 0.5) is 5.69 Å². The molecule has 3 heteroatoms. The average Bonchev–Trinajstić information content (AvgIpc) is 2.37. The maximum atomic E-state index is 3.60. The van der Waals surface area contributed by atoms with E-state index in [0.29, 0.717) is 6.04 Å².